The minimum absolute atomic E-state index is 0.284. The van der Waals surface area contributed by atoms with Crippen LogP contribution in [0.1, 0.15) is 73.8 Å². The number of carbonyl (C=O) groups excluding carboxylic acids is 2. The number of aliphatic hydroxyl groups excluding tert-OH is 1. The summed E-state index contributed by atoms with van der Waals surface area (Å²) in [7, 11) is 0. The fraction of sp³-hybridized carbons (Fsp3) is 0.423. The van der Waals surface area contributed by atoms with E-state index in [1.165, 1.54) is 0 Å². The number of aliphatic hydroxyl groups is 1. The zero-order valence-corrected chi connectivity index (χ0v) is 19.1. The van der Waals surface area contributed by atoms with Gasteiger partial charge in [0.15, 0.2) is 6.10 Å². The third-order valence-electron chi connectivity index (χ3n) is 5.53. The van der Waals surface area contributed by atoms with Crippen molar-refractivity contribution in [3.8, 4) is 0 Å². The van der Waals surface area contributed by atoms with Gasteiger partial charge in [0.2, 0.25) is 0 Å². The van der Waals surface area contributed by atoms with Gasteiger partial charge in [0, 0.05) is 5.56 Å². The summed E-state index contributed by atoms with van der Waals surface area (Å²) in [5.74, 6) is -2.43. The van der Waals surface area contributed by atoms with Crippen molar-refractivity contribution in [2.24, 2.45) is 0 Å². The fourth-order valence-corrected chi connectivity index (χ4v) is 3.61. The molecule has 4 N–H and O–H groups in total. The van der Waals surface area contributed by atoms with Crippen LogP contribution in [0.25, 0.3) is 0 Å². The molecule has 0 unspecified atom stereocenters. The van der Waals surface area contributed by atoms with Crippen molar-refractivity contribution in [1.29, 1.82) is 0 Å². The molecule has 0 aliphatic heterocycles. The Kier molecular flexibility index (Phi) is 11.1. The minimum Gasteiger partial charge on any atom is -0.480 e. The van der Waals surface area contributed by atoms with Gasteiger partial charge in [0.25, 0.3) is 11.8 Å². The molecule has 0 aliphatic carbocycles. The molecule has 7 heteroatoms. The number of amides is 2. The van der Waals surface area contributed by atoms with Crippen LogP contribution >= 0.6 is 0 Å². The maximum atomic E-state index is 12.8. The van der Waals surface area contributed by atoms with Gasteiger partial charge >= 0.3 is 5.97 Å². The van der Waals surface area contributed by atoms with Crippen LogP contribution < -0.4 is 10.6 Å². The lowest BCUT2D eigenvalue weighted by Crippen LogP contribution is -2.50. The highest BCUT2D eigenvalue weighted by atomic mass is 16.4. The second-order valence-corrected chi connectivity index (χ2v) is 8.13. The number of nitrogens with one attached hydrogen (secondary N) is 2. The van der Waals surface area contributed by atoms with Crippen molar-refractivity contribution in [3.63, 3.8) is 0 Å². The minimum atomic E-state index is -1.66. The van der Waals surface area contributed by atoms with E-state index in [4.69, 9.17) is 0 Å². The monoisotopic (exact) mass is 454 g/mol. The molecule has 0 heterocycles. The highest BCUT2D eigenvalue weighted by molar-refractivity contribution is 5.95. The Balaban J connectivity index is 2.05. The summed E-state index contributed by atoms with van der Waals surface area (Å²) >= 11 is 0. The van der Waals surface area contributed by atoms with E-state index in [9.17, 15) is 24.6 Å². The van der Waals surface area contributed by atoms with Crippen molar-refractivity contribution in [3.05, 3.63) is 71.8 Å². The Hall–Kier alpha value is -3.19. The van der Waals surface area contributed by atoms with Gasteiger partial charge in [-0.25, -0.2) is 4.79 Å². The summed E-state index contributed by atoms with van der Waals surface area (Å²) in [6.45, 7) is 2.13. The van der Waals surface area contributed by atoms with Crippen LogP contribution in [-0.4, -0.2) is 40.1 Å². The summed E-state index contributed by atoms with van der Waals surface area (Å²) < 4.78 is 0. The number of carboxylic acid groups (broad SMARTS) is 1. The predicted molar refractivity (Wildman–Crippen MR) is 127 cm³/mol. The molecule has 33 heavy (non-hydrogen) atoms. The highest BCUT2D eigenvalue weighted by Gasteiger charge is 2.32. The number of carboxylic acids is 1. The van der Waals surface area contributed by atoms with E-state index in [2.05, 4.69) is 17.6 Å². The van der Waals surface area contributed by atoms with E-state index in [0.29, 0.717) is 17.5 Å². The molecule has 2 amide bonds. The van der Waals surface area contributed by atoms with Crippen molar-refractivity contribution in [2.75, 3.05) is 0 Å². The lowest BCUT2D eigenvalue weighted by Gasteiger charge is -2.25. The van der Waals surface area contributed by atoms with Gasteiger partial charge in [-0.2, -0.15) is 0 Å². The van der Waals surface area contributed by atoms with Crippen LogP contribution in [0.15, 0.2) is 60.7 Å². The molecule has 0 saturated carbocycles. The molecule has 3 atom stereocenters. The van der Waals surface area contributed by atoms with E-state index in [1.807, 2.05) is 0 Å². The third kappa shape index (κ3) is 8.69. The number of unbranched alkanes of at least 4 members (excludes halogenated alkanes) is 5. The maximum Gasteiger partial charge on any atom is 0.326 e. The van der Waals surface area contributed by atoms with Gasteiger partial charge < -0.3 is 20.8 Å². The first kappa shape index (κ1) is 26.1. The average molecular weight is 455 g/mol. The normalized spacial score (nSPS) is 13.5. The third-order valence-corrected chi connectivity index (χ3v) is 5.53. The summed E-state index contributed by atoms with van der Waals surface area (Å²) in [6, 6.07) is 15.0. The molecule has 0 radical (unpaired) electrons. The van der Waals surface area contributed by atoms with Crippen LogP contribution in [0.4, 0.5) is 0 Å². The molecular weight excluding hydrogens is 420 g/mol. The van der Waals surface area contributed by atoms with Gasteiger partial charge in [-0.3, -0.25) is 9.59 Å². The van der Waals surface area contributed by atoms with Crippen molar-refractivity contribution < 1.29 is 24.6 Å². The van der Waals surface area contributed by atoms with E-state index in [0.717, 1.165) is 32.1 Å². The molecule has 0 aliphatic rings. The molecule has 0 fully saturated rings. The Bertz CT molecular complexity index is 873. The first-order chi connectivity index (χ1) is 15.9. The van der Waals surface area contributed by atoms with E-state index >= 15 is 0 Å². The highest BCUT2D eigenvalue weighted by Crippen LogP contribution is 2.19. The first-order valence-corrected chi connectivity index (χ1v) is 11.6. The van der Waals surface area contributed by atoms with Crippen molar-refractivity contribution in [1.82, 2.24) is 10.6 Å². The number of hydrogen-bond acceptors (Lipinski definition) is 4. The van der Waals surface area contributed by atoms with Gasteiger partial charge in [-0.05, 0) is 24.1 Å². The van der Waals surface area contributed by atoms with Crippen LogP contribution in [0, 0.1) is 0 Å². The molecule has 7 nitrogen and oxygen atoms in total. The molecule has 0 spiro atoms. The number of carbonyl (C=O) groups is 3. The second-order valence-electron chi connectivity index (χ2n) is 8.13. The SMILES string of the molecule is CCCCCCCC[C@H](NC(=O)[C@H](O)[C@@H](NC(=O)c1ccccc1)c1ccccc1)C(=O)O. The average Bonchev–Trinajstić information content (AvgIpc) is 2.84. The summed E-state index contributed by atoms with van der Waals surface area (Å²) in [5.41, 5.74) is 0.921. The van der Waals surface area contributed by atoms with Crippen LogP contribution in [0.2, 0.25) is 0 Å². The Labute approximate surface area is 195 Å². The molecule has 2 aromatic rings. The Morgan fingerprint density at radius 1 is 0.818 bits per heavy atom. The lowest BCUT2D eigenvalue weighted by atomic mass is 9.99. The lowest BCUT2D eigenvalue weighted by molar-refractivity contribution is -0.144. The predicted octanol–water partition coefficient (Wildman–Crippen LogP) is 3.84. The van der Waals surface area contributed by atoms with Crippen LogP contribution in [0.3, 0.4) is 0 Å². The van der Waals surface area contributed by atoms with Crippen LogP contribution in [0.5, 0.6) is 0 Å². The Morgan fingerprint density at radius 3 is 2.00 bits per heavy atom. The van der Waals surface area contributed by atoms with Crippen molar-refractivity contribution >= 4 is 17.8 Å². The Morgan fingerprint density at radius 2 is 1.39 bits per heavy atom. The molecule has 2 aromatic carbocycles. The molecule has 2 rings (SSSR count). The topological polar surface area (TPSA) is 116 Å². The van der Waals surface area contributed by atoms with Gasteiger partial charge in [-0.1, -0.05) is 94.0 Å². The summed E-state index contributed by atoms with van der Waals surface area (Å²) in [4.78, 5) is 37.1. The molecule has 0 saturated heterocycles. The maximum absolute atomic E-state index is 12.8. The largest absolute Gasteiger partial charge is 0.480 e. The number of aliphatic carboxylic acids is 1. The quantitative estimate of drug-likeness (QED) is 0.324. The zero-order valence-electron chi connectivity index (χ0n) is 19.1. The number of benzene rings is 2. The van der Waals surface area contributed by atoms with Gasteiger partial charge in [-0.15, -0.1) is 0 Å². The summed E-state index contributed by atoms with van der Waals surface area (Å²) in [6.07, 6.45) is 4.61. The van der Waals surface area contributed by atoms with Gasteiger partial charge in [0.05, 0.1) is 6.04 Å². The standard InChI is InChI=1S/C26H34N2O5/c1-2-3-4-5-6-13-18-21(26(32)33)27-25(31)23(29)22(19-14-9-7-10-15-19)28-24(30)20-16-11-8-12-17-20/h7-12,14-17,21-23,29H,2-6,13,18H2,1H3,(H,27,31)(H,28,30)(H,32,33)/t21-,22-,23+/m0/s1. The molecular formula is C26H34N2O5. The van der Waals surface area contributed by atoms with E-state index in [-0.39, 0.29) is 6.42 Å². The van der Waals surface area contributed by atoms with Crippen molar-refractivity contribution in [2.45, 2.75) is 70.1 Å². The first-order valence-electron chi connectivity index (χ1n) is 11.6. The van der Waals surface area contributed by atoms with E-state index < -0.39 is 36.0 Å². The zero-order chi connectivity index (χ0) is 24.1. The second kappa shape index (κ2) is 14.1. The molecule has 0 bridgehead atoms. The number of rotatable bonds is 14. The van der Waals surface area contributed by atoms with Gasteiger partial charge in [0.1, 0.15) is 6.04 Å². The molecule has 0 aromatic heterocycles. The molecule has 178 valence electrons. The fourth-order valence-electron chi connectivity index (χ4n) is 3.61. The van der Waals surface area contributed by atoms with E-state index in [1.54, 1.807) is 60.7 Å². The number of hydrogen-bond donors (Lipinski definition) is 4. The summed E-state index contributed by atoms with van der Waals surface area (Å²) in [5, 5.41) is 25.5. The van der Waals surface area contributed by atoms with Crippen LogP contribution in [-0.2, 0) is 9.59 Å². The smallest absolute Gasteiger partial charge is 0.326 e.